The summed E-state index contributed by atoms with van der Waals surface area (Å²) in [7, 11) is 0. The van der Waals surface area contributed by atoms with Crippen molar-refractivity contribution in [3.05, 3.63) is 65.7 Å². The molecule has 120 valence electrons. The average Bonchev–Trinajstić information content (AvgIpc) is 2.58. The summed E-state index contributed by atoms with van der Waals surface area (Å²) in [6.07, 6.45) is 0. The molecular formula is C18H19NO4. The van der Waals surface area contributed by atoms with Gasteiger partial charge in [0.15, 0.2) is 6.61 Å². The van der Waals surface area contributed by atoms with Gasteiger partial charge in [0.05, 0.1) is 5.56 Å². The van der Waals surface area contributed by atoms with Gasteiger partial charge in [-0.05, 0) is 29.7 Å². The number of esters is 1. The van der Waals surface area contributed by atoms with Crippen LogP contribution in [0.2, 0.25) is 0 Å². The Kier molecular flexibility index (Phi) is 5.74. The Bertz CT molecular complexity index is 670. The monoisotopic (exact) mass is 313 g/mol. The van der Waals surface area contributed by atoms with Gasteiger partial charge in [0.25, 0.3) is 5.91 Å². The molecule has 0 unspecified atom stereocenters. The molecule has 0 fully saturated rings. The molecule has 0 saturated heterocycles. The average molecular weight is 313 g/mol. The third kappa shape index (κ3) is 5.14. The van der Waals surface area contributed by atoms with Crippen molar-refractivity contribution in [2.24, 2.45) is 0 Å². The van der Waals surface area contributed by atoms with E-state index in [9.17, 15) is 14.7 Å². The molecule has 2 rings (SSSR count). The summed E-state index contributed by atoms with van der Waals surface area (Å²) < 4.78 is 4.92. The molecule has 0 aliphatic heterocycles. The number of nitrogens with one attached hydrogen (secondary N) is 1. The second-order valence-corrected chi connectivity index (χ2v) is 5.24. The number of ether oxygens (including phenoxy) is 1. The number of hydrogen-bond acceptors (Lipinski definition) is 4. The van der Waals surface area contributed by atoms with Gasteiger partial charge in [0.1, 0.15) is 5.75 Å². The maximum Gasteiger partial charge on any atom is 0.338 e. The van der Waals surface area contributed by atoms with E-state index in [0.29, 0.717) is 6.54 Å². The van der Waals surface area contributed by atoms with Crippen molar-refractivity contribution in [3.63, 3.8) is 0 Å². The zero-order chi connectivity index (χ0) is 16.7. The molecule has 0 aliphatic carbocycles. The van der Waals surface area contributed by atoms with E-state index in [1.54, 1.807) is 0 Å². The summed E-state index contributed by atoms with van der Waals surface area (Å²) in [6, 6.07) is 15.6. The van der Waals surface area contributed by atoms with Gasteiger partial charge in [-0.15, -0.1) is 0 Å². The first kappa shape index (κ1) is 16.5. The first-order valence-electron chi connectivity index (χ1n) is 7.34. The number of hydrogen-bond donors (Lipinski definition) is 2. The number of carbonyl (C=O) groups is 2. The summed E-state index contributed by atoms with van der Waals surface area (Å²) in [5, 5.41) is 12.0. The number of benzene rings is 2. The summed E-state index contributed by atoms with van der Waals surface area (Å²) >= 11 is 0. The molecule has 0 aromatic heterocycles. The van der Waals surface area contributed by atoms with Crippen molar-refractivity contribution >= 4 is 11.9 Å². The predicted molar refractivity (Wildman–Crippen MR) is 86.3 cm³/mol. The highest BCUT2D eigenvalue weighted by Gasteiger charge is 2.12. The van der Waals surface area contributed by atoms with Gasteiger partial charge in [-0.1, -0.05) is 43.3 Å². The SMILES string of the molecule is C[C@@H](CNC(=O)COC(=O)c1cccc(O)c1)c1ccccc1. The third-order valence-electron chi connectivity index (χ3n) is 3.39. The number of amides is 1. The van der Waals surface area contributed by atoms with Gasteiger partial charge in [-0.2, -0.15) is 0 Å². The van der Waals surface area contributed by atoms with Crippen LogP contribution in [0, 0.1) is 0 Å². The molecule has 5 nitrogen and oxygen atoms in total. The summed E-state index contributed by atoms with van der Waals surface area (Å²) in [4.78, 5) is 23.5. The van der Waals surface area contributed by atoms with Crippen LogP contribution in [0.4, 0.5) is 0 Å². The number of phenolic OH excluding ortho intramolecular Hbond substituents is 1. The molecule has 0 heterocycles. The minimum absolute atomic E-state index is 0.0272. The van der Waals surface area contributed by atoms with Crippen LogP contribution in [0.3, 0.4) is 0 Å². The van der Waals surface area contributed by atoms with Gasteiger partial charge in [0, 0.05) is 6.54 Å². The zero-order valence-corrected chi connectivity index (χ0v) is 12.9. The first-order valence-corrected chi connectivity index (χ1v) is 7.34. The van der Waals surface area contributed by atoms with Gasteiger partial charge < -0.3 is 15.2 Å². The van der Waals surface area contributed by atoms with E-state index < -0.39 is 5.97 Å². The highest BCUT2D eigenvalue weighted by Crippen LogP contribution is 2.13. The van der Waals surface area contributed by atoms with Crippen LogP contribution >= 0.6 is 0 Å². The predicted octanol–water partition coefficient (Wildman–Crippen LogP) is 2.47. The van der Waals surface area contributed by atoms with Crippen molar-refractivity contribution in [1.82, 2.24) is 5.32 Å². The normalized spacial score (nSPS) is 11.5. The van der Waals surface area contributed by atoms with E-state index in [0.717, 1.165) is 5.56 Å². The molecule has 0 aliphatic rings. The van der Waals surface area contributed by atoms with Crippen LogP contribution in [0.5, 0.6) is 5.75 Å². The van der Waals surface area contributed by atoms with E-state index >= 15 is 0 Å². The molecule has 0 bridgehead atoms. The standard InChI is InChI=1S/C18H19NO4/c1-13(14-6-3-2-4-7-14)11-19-17(21)12-23-18(22)15-8-5-9-16(20)10-15/h2-10,13,20H,11-12H2,1H3,(H,19,21)/t13-/m0/s1. The maximum atomic E-state index is 11.7. The Hall–Kier alpha value is -2.82. The Morgan fingerprint density at radius 3 is 2.57 bits per heavy atom. The molecular weight excluding hydrogens is 294 g/mol. The number of phenols is 1. The van der Waals surface area contributed by atoms with Gasteiger partial charge in [-0.25, -0.2) is 4.79 Å². The van der Waals surface area contributed by atoms with E-state index in [1.807, 2.05) is 37.3 Å². The fourth-order valence-corrected chi connectivity index (χ4v) is 2.06. The van der Waals surface area contributed by atoms with E-state index in [2.05, 4.69) is 5.32 Å². The van der Waals surface area contributed by atoms with Gasteiger partial charge >= 0.3 is 5.97 Å². The Morgan fingerprint density at radius 2 is 1.87 bits per heavy atom. The van der Waals surface area contributed by atoms with Crippen molar-refractivity contribution in [2.75, 3.05) is 13.2 Å². The molecule has 2 aromatic carbocycles. The second-order valence-electron chi connectivity index (χ2n) is 5.24. The van der Waals surface area contributed by atoms with Gasteiger partial charge in [-0.3, -0.25) is 4.79 Å². The zero-order valence-electron chi connectivity index (χ0n) is 12.9. The molecule has 23 heavy (non-hydrogen) atoms. The van der Waals surface area contributed by atoms with Crippen molar-refractivity contribution < 1.29 is 19.4 Å². The lowest BCUT2D eigenvalue weighted by Gasteiger charge is -2.13. The van der Waals surface area contributed by atoms with Crippen molar-refractivity contribution in [1.29, 1.82) is 0 Å². The molecule has 0 spiro atoms. The van der Waals surface area contributed by atoms with Crippen LogP contribution < -0.4 is 5.32 Å². The largest absolute Gasteiger partial charge is 0.508 e. The van der Waals surface area contributed by atoms with Gasteiger partial charge in [0.2, 0.25) is 0 Å². The third-order valence-corrected chi connectivity index (χ3v) is 3.39. The van der Waals surface area contributed by atoms with Crippen LogP contribution in [-0.4, -0.2) is 30.1 Å². The second kappa shape index (κ2) is 7.98. The molecule has 5 heteroatoms. The summed E-state index contributed by atoms with van der Waals surface area (Å²) in [6.45, 7) is 2.12. The first-order chi connectivity index (χ1) is 11.1. The quantitative estimate of drug-likeness (QED) is 0.803. The molecule has 2 aromatic rings. The summed E-state index contributed by atoms with van der Waals surface area (Å²) in [5.74, 6) is -0.865. The lowest BCUT2D eigenvalue weighted by Crippen LogP contribution is -2.31. The Labute approximate surface area is 134 Å². The molecule has 0 saturated carbocycles. The lowest BCUT2D eigenvalue weighted by molar-refractivity contribution is -0.124. The Morgan fingerprint density at radius 1 is 1.13 bits per heavy atom. The van der Waals surface area contributed by atoms with Crippen LogP contribution in [0.1, 0.15) is 28.8 Å². The Balaban J connectivity index is 1.76. The lowest BCUT2D eigenvalue weighted by atomic mass is 10.0. The fraction of sp³-hybridized carbons (Fsp3) is 0.222. The van der Waals surface area contributed by atoms with E-state index in [4.69, 9.17) is 4.74 Å². The topological polar surface area (TPSA) is 75.6 Å². The highest BCUT2D eigenvalue weighted by atomic mass is 16.5. The number of rotatable bonds is 6. The van der Waals surface area contributed by atoms with Crippen LogP contribution in [0.15, 0.2) is 54.6 Å². The van der Waals surface area contributed by atoms with E-state index in [-0.39, 0.29) is 29.7 Å². The molecule has 1 atom stereocenters. The summed E-state index contributed by atoms with van der Waals surface area (Å²) in [5.41, 5.74) is 1.33. The van der Waals surface area contributed by atoms with Crippen LogP contribution in [-0.2, 0) is 9.53 Å². The molecule has 1 amide bonds. The molecule has 0 radical (unpaired) electrons. The number of carbonyl (C=O) groups excluding carboxylic acids is 2. The number of aromatic hydroxyl groups is 1. The van der Waals surface area contributed by atoms with Crippen molar-refractivity contribution in [3.8, 4) is 5.75 Å². The van der Waals surface area contributed by atoms with Crippen LogP contribution in [0.25, 0.3) is 0 Å². The minimum Gasteiger partial charge on any atom is -0.508 e. The fourth-order valence-electron chi connectivity index (χ4n) is 2.06. The minimum atomic E-state index is -0.646. The molecule has 2 N–H and O–H groups in total. The highest BCUT2D eigenvalue weighted by molar-refractivity contribution is 5.91. The van der Waals surface area contributed by atoms with E-state index in [1.165, 1.54) is 24.3 Å². The smallest absolute Gasteiger partial charge is 0.338 e. The van der Waals surface area contributed by atoms with Crippen molar-refractivity contribution in [2.45, 2.75) is 12.8 Å². The maximum absolute atomic E-state index is 11.7.